The smallest absolute Gasteiger partial charge is 0.157 e. The predicted octanol–water partition coefficient (Wildman–Crippen LogP) is 2.48. The number of unbranched alkanes of at least 4 members (excludes halogenated alkanes) is 1. The highest BCUT2D eigenvalue weighted by molar-refractivity contribution is 5.42. The van der Waals surface area contributed by atoms with Gasteiger partial charge in [-0.05, 0) is 54.2 Å². The molecule has 0 aromatic heterocycles. The minimum atomic E-state index is -1.33. The average Bonchev–Trinajstić information content (AvgIpc) is 2.68. The lowest BCUT2D eigenvalue weighted by atomic mass is 9.79. The lowest BCUT2D eigenvalue weighted by Crippen LogP contribution is -2.56. The van der Waals surface area contributed by atoms with Gasteiger partial charge in [-0.2, -0.15) is 0 Å². The number of nitrogens with two attached hydrogens (primary N) is 2. The van der Waals surface area contributed by atoms with Crippen molar-refractivity contribution in [3.05, 3.63) is 47.5 Å². The average molecular weight is 421 g/mol. The van der Waals surface area contributed by atoms with E-state index in [9.17, 15) is 30.6 Å². The van der Waals surface area contributed by atoms with Gasteiger partial charge in [0.25, 0.3) is 0 Å². The highest BCUT2D eigenvalue weighted by Gasteiger charge is 2.35. The van der Waals surface area contributed by atoms with Crippen molar-refractivity contribution in [1.29, 1.82) is 0 Å². The van der Waals surface area contributed by atoms with Crippen molar-refractivity contribution >= 4 is 0 Å². The largest absolute Gasteiger partial charge is 0.504 e. The summed E-state index contributed by atoms with van der Waals surface area (Å²) >= 11 is 0. The van der Waals surface area contributed by atoms with Gasteiger partial charge in [-0.15, -0.1) is 0 Å². The first-order valence-corrected chi connectivity index (χ1v) is 10.0. The van der Waals surface area contributed by atoms with E-state index in [0.29, 0.717) is 17.5 Å². The highest BCUT2D eigenvalue weighted by atomic mass is 16.3. The van der Waals surface area contributed by atoms with Crippen LogP contribution in [0.15, 0.2) is 36.4 Å². The molecular weight excluding hydrogens is 388 g/mol. The van der Waals surface area contributed by atoms with Crippen molar-refractivity contribution in [2.24, 2.45) is 17.4 Å². The minimum Gasteiger partial charge on any atom is -0.504 e. The number of benzene rings is 2. The van der Waals surface area contributed by atoms with Crippen molar-refractivity contribution in [2.75, 3.05) is 0 Å². The monoisotopic (exact) mass is 420 g/mol. The van der Waals surface area contributed by atoms with Gasteiger partial charge in [0.1, 0.15) is 0 Å². The molecule has 2 rings (SSSR count). The van der Waals surface area contributed by atoms with Crippen LogP contribution in [0.2, 0.25) is 0 Å². The van der Waals surface area contributed by atoms with E-state index < -0.39 is 17.9 Å². The van der Waals surface area contributed by atoms with Crippen LogP contribution in [0.25, 0.3) is 0 Å². The fourth-order valence-electron chi connectivity index (χ4n) is 3.58. The molecule has 8 nitrogen and oxygen atoms in total. The lowest BCUT2D eigenvalue weighted by molar-refractivity contribution is 0.0708. The van der Waals surface area contributed by atoms with Gasteiger partial charge in [0.2, 0.25) is 0 Å². The molecule has 10 N–H and O–H groups in total. The molecule has 8 heteroatoms. The standard InChI is InChI=1S/C22H32N2O6/c1-2-3-4-15(11-18(27)13-5-7-16(25)19(28)9-13)22(23,24)12-21(30)14-6-8-17(26)20(29)10-14/h5-10,15,18,21,25-30H,2-4,11-12,23-24H2,1H3. The Morgan fingerprint density at radius 1 is 0.800 bits per heavy atom. The Labute approximate surface area is 176 Å². The van der Waals surface area contributed by atoms with Crippen molar-refractivity contribution in [1.82, 2.24) is 0 Å². The van der Waals surface area contributed by atoms with Gasteiger partial charge < -0.3 is 42.1 Å². The zero-order chi connectivity index (χ0) is 22.5. The van der Waals surface area contributed by atoms with Gasteiger partial charge in [0, 0.05) is 6.42 Å². The van der Waals surface area contributed by atoms with E-state index in [1.165, 1.54) is 36.4 Å². The first-order valence-electron chi connectivity index (χ1n) is 10.0. The molecule has 0 aliphatic carbocycles. The van der Waals surface area contributed by atoms with Crippen LogP contribution in [-0.4, -0.2) is 36.3 Å². The van der Waals surface area contributed by atoms with Crippen LogP contribution < -0.4 is 11.5 Å². The first-order chi connectivity index (χ1) is 14.0. The molecule has 0 radical (unpaired) electrons. The molecule has 2 aromatic rings. The molecule has 0 spiro atoms. The number of phenols is 4. The number of aliphatic hydroxyl groups excluding tert-OH is 2. The van der Waals surface area contributed by atoms with Crippen LogP contribution in [0, 0.1) is 5.92 Å². The number of rotatable bonds is 10. The summed E-state index contributed by atoms with van der Waals surface area (Å²) in [5.74, 6) is -1.61. The second-order valence-corrected chi connectivity index (χ2v) is 7.92. The quantitative estimate of drug-likeness (QED) is 0.214. The van der Waals surface area contributed by atoms with Crippen LogP contribution in [0.1, 0.15) is 62.4 Å². The molecule has 0 amide bonds. The van der Waals surface area contributed by atoms with Crippen LogP contribution in [0.4, 0.5) is 0 Å². The molecule has 166 valence electrons. The van der Waals surface area contributed by atoms with Gasteiger partial charge in [-0.3, -0.25) is 0 Å². The maximum Gasteiger partial charge on any atom is 0.157 e. The van der Waals surface area contributed by atoms with Gasteiger partial charge in [-0.25, -0.2) is 0 Å². The molecule has 0 bridgehead atoms. The van der Waals surface area contributed by atoms with E-state index >= 15 is 0 Å². The normalized spacial score (nSPS) is 15.0. The third kappa shape index (κ3) is 5.99. The number of aromatic hydroxyl groups is 4. The topological polar surface area (TPSA) is 173 Å². The molecule has 0 fully saturated rings. The molecule has 0 aliphatic heterocycles. The van der Waals surface area contributed by atoms with E-state index in [0.717, 1.165) is 12.8 Å². The van der Waals surface area contributed by atoms with Gasteiger partial charge >= 0.3 is 0 Å². The van der Waals surface area contributed by atoms with Crippen molar-refractivity contribution in [2.45, 2.75) is 56.9 Å². The summed E-state index contributed by atoms with van der Waals surface area (Å²) < 4.78 is 0. The lowest BCUT2D eigenvalue weighted by Gasteiger charge is -2.37. The fraction of sp³-hybridized carbons (Fsp3) is 0.455. The third-order valence-electron chi connectivity index (χ3n) is 5.49. The maximum absolute atomic E-state index is 10.7. The summed E-state index contributed by atoms with van der Waals surface area (Å²) in [4.78, 5) is 0. The SMILES string of the molecule is CCCCC(CC(O)c1ccc(O)c(O)c1)C(N)(N)CC(O)c1ccc(O)c(O)c1. The highest BCUT2D eigenvalue weighted by Crippen LogP contribution is 2.36. The van der Waals surface area contributed by atoms with E-state index in [2.05, 4.69) is 0 Å². The van der Waals surface area contributed by atoms with E-state index in [1.54, 1.807) is 0 Å². The summed E-state index contributed by atoms with van der Waals surface area (Å²) in [7, 11) is 0. The van der Waals surface area contributed by atoms with Crippen LogP contribution in [-0.2, 0) is 0 Å². The molecule has 0 saturated heterocycles. The molecular formula is C22H32N2O6. The number of hydrogen-bond donors (Lipinski definition) is 8. The molecule has 0 aliphatic rings. The Hall–Kier alpha value is -2.52. The second kappa shape index (κ2) is 9.99. The van der Waals surface area contributed by atoms with Crippen molar-refractivity contribution in [3.63, 3.8) is 0 Å². The zero-order valence-corrected chi connectivity index (χ0v) is 17.1. The number of hydrogen-bond acceptors (Lipinski definition) is 8. The summed E-state index contributed by atoms with van der Waals surface area (Å²) in [6.07, 6.45) is 0.467. The predicted molar refractivity (Wildman–Crippen MR) is 113 cm³/mol. The Balaban J connectivity index is 2.17. The van der Waals surface area contributed by atoms with Crippen molar-refractivity contribution < 1.29 is 30.6 Å². The summed E-state index contributed by atoms with van der Waals surface area (Å²) in [5, 5.41) is 59.5. The minimum absolute atomic E-state index is 0.0286. The van der Waals surface area contributed by atoms with E-state index in [4.69, 9.17) is 11.5 Å². The molecule has 3 unspecified atom stereocenters. The second-order valence-electron chi connectivity index (χ2n) is 7.92. The molecule has 3 atom stereocenters. The number of phenolic OH excluding ortho intramolecular Hbond substituents is 4. The Bertz CT molecular complexity index is 842. The van der Waals surface area contributed by atoms with E-state index in [-0.39, 0.29) is 41.8 Å². The maximum atomic E-state index is 10.7. The van der Waals surface area contributed by atoms with Crippen LogP contribution >= 0.6 is 0 Å². The summed E-state index contributed by atoms with van der Waals surface area (Å²) in [6.45, 7) is 2.02. The summed E-state index contributed by atoms with van der Waals surface area (Å²) in [5.41, 5.74) is 12.2. The first kappa shape index (κ1) is 23.8. The van der Waals surface area contributed by atoms with Crippen LogP contribution in [0.5, 0.6) is 23.0 Å². The van der Waals surface area contributed by atoms with Gasteiger partial charge in [-0.1, -0.05) is 31.9 Å². The van der Waals surface area contributed by atoms with Gasteiger partial charge in [0.15, 0.2) is 23.0 Å². The van der Waals surface area contributed by atoms with Crippen LogP contribution in [0.3, 0.4) is 0 Å². The Morgan fingerprint density at radius 2 is 1.30 bits per heavy atom. The Kier molecular flexibility index (Phi) is 7.91. The summed E-state index contributed by atoms with van der Waals surface area (Å²) in [6, 6.07) is 8.11. The number of aliphatic hydroxyl groups is 2. The Morgan fingerprint density at radius 3 is 1.77 bits per heavy atom. The van der Waals surface area contributed by atoms with E-state index in [1.807, 2.05) is 6.92 Å². The molecule has 30 heavy (non-hydrogen) atoms. The van der Waals surface area contributed by atoms with Gasteiger partial charge in [0.05, 0.1) is 17.9 Å². The fourth-order valence-corrected chi connectivity index (χ4v) is 3.58. The molecule has 0 saturated carbocycles. The molecule has 0 heterocycles. The van der Waals surface area contributed by atoms with Crippen molar-refractivity contribution in [3.8, 4) is 23.0 Å². The third-order valence-corrected chi connectivity index (χ3v) is 5.49. The molecule has 2 aromatic carbocycles. The zero-order valence-electron chi connectivity index (χ0n) is 17.1.